The topological polar surface area (TPSA) is 69.0 Å². The van der Waals surface area contributed by atoms with Gasteiger partial charge >= 0.3 is 6.03 Å². The second-order valence-electron chi connectivity index (χ2n) is 3.86. The van der Waals surface area contributed by atoms with E-state index in [1.165, 1.54) is 4.90 Å². The molecule has 86 valence electrons. The highest BCUT2D eigenvalue weighted by Crippen LogP contribution is 2.28. The van der Waals surface area contributed by atoms with Crippen LogP contribution >= 0.6 is 11.5 Å². The number of carbonyl (C=O) groups excluding carboxylic acids is 1. The number of nitrogens with one attached hydrogen (secondary N) is 1. The number of nitriles is 1. The lowest BCUT2D eigenvalue weighted by Gasteiger charge is -2.10. The minimum absolute atomic E-state index is 0.177. The van der Waals surface area contributed by atoms with Crippen molar-refractivity contribution < 1.29 is 4.79 Å². The van der Waals surface area contributed by atoms with E-state index in [4.69, 9.17) is 5.26 Å². The second-order valence-corrected chi connectivity index (χ2v) is 4.64. The van der Waals surface area contributed by atoms with E-state index >= 15 is 0 Å². The summed E-state index contributed by atoms with van der Waals surface area (Å²) in [6.45, 7) is 3.93. The standard InChI is InChI=1S/C10H14N4OS/c1-6(2)8-7(5-11)9(16-13-8)12-10(15)14(3)4/h6H,1-4H3,(H,12,15). The van der Waals surface area contributed by atoms with Gasteiger partial charge in [0.2, 0.25) is 0 Å². The number of nitrogens with zero attached hydrogens (tertiary/aromatic N) is 3. The molecule has 0 aromatic carbocycles. The summed E-state index contributed by atoms with van der Waals surface area (Å²) in [6.07, 6.45) is 0. The number of amides is 2. The maximum atomic E-state index is 11.4. The third-order valence-electron chi connectivity index (χ3n) is 2.00. The summed E-state index contributed by atoms with van der Waals surface area (Å²) in [5.41, 5.74) is 1.21. The minimum Gasteiger partial charge on any atom is -0.331 e. The number of urea groups is 1. The van der Waals surface area contributed by atoms with Crippen molar-refractivity contribution in [2.24, 2.45) is 0 Å². The van der Waals surface area contributed by atoms with E-state index in [9.17, 15) is 4.79 Å². The molecular formula is C10H14N4OS. The maximum absolute atomic E-state index is 11.4. The molecule has 1 N–H and O–H groups in total. The largest absolute Gasteiger partial charge is 0.331 e. The van der Waals surface area contributed by atoms with E-state index in [0.717, 1.165) is 17.2 Å². The van der Waals surface area contributed by atoms with Crippen LogP contribution in [0.4, 0.5) is 9.80 Å². The van der Waals surface area contributed by atoms with Gasteiger partial charge < -0.3 is 4.90 Å². The van der Waals surface area contributed by atoms with Gasteiger partial charge in [0, 0.05) is 14.1 Å². The highest BCUT2D eigenvalue weighted by molar-refractivity contribution is 7.10. The Bertz CT molecular complexity index is 431. The fourth-order valence-electron chi connectivity index (χ4n) is 1.10. The molecule has 0 aliphatic rings. The molecule has 0 unspecified atom stereocenters. The van der Waals surface area contributed by atoms with Crippen molar-refractivity contribution in [2.45, 2.75) is 19.8 Å². The molecule has 2 amide bonds. The summed E-state index contributed by atoms with van der Waals surface area (Å²) in [5.74, 6) is 0.177. The van der Waals surface area contributed by atoms with E-state index in [-0.39, 0.29) is 11.9 Å². The van der Waals surface area contributed by atoms with Crippen molar-refractivity contribution in [2.75, 3.05) is 19.4 Å². The molecule has 1 aromatic rings. The maximum Gasteiger partial charge on any atom is 0.322 e. The predicted octanol–water partition coefficient (Wildman–Crippen LogP) is 2.23. The highest BCUT2D eigenvalue weighted by Gasteiger charge is 2.18. The highest BCUT2D eigenvalue weighted by atomic mass is 32.1. The van der Waals surface area contributed by atoms with Crippen LogP contribution in [0.15, 0.2) is 0 Å². The molecule has 0 saturated carbocycles. The van der Waals surface area contributed by atoms with Gasteiger partial charge in [-0.1, -0.05) is 13.8 Å². The molecule has 0 saturated heterocycles. The fourth-order valence-corrected chi connectivity index (χ4v) is 1.96. The van der Waals surface area contributed by atoms with Gasteiger partial charge in [-0.05, 0) is 17.5 Å². The minimum atomic E-state index is -0.254. The Hall–Kier alpha value is -1.61. The summed E-state index contributed by atoms with van der Waals surface area (Å²) in [5, 5.41) is 12.2. The first kappa shape index (κ1) is 12.5. The molecule has 0 atom stereocenters. The molecule has 1 rings (SSSR count). The van der Waals surface area contributed by atoms with Gasteiger partial charge in [-0.3, -0.25) is 5.32 Å². The zero-order chi connectivity index (χ0) is 12.3. The monoisotopic (exact) mass is 238 g/mol. The lowest BCUT2D eigenvalue weighted by Crippen LogP contribution is -2.27. The van der Waals surface area contributed by atoms with Crippen LogP contribution in [0.5, 0.6) is 0 Å². The average molecular weight is 238 g/mol. The third kappa shape index (κ3) is 2.49. The number of hydrogen-bond donors (Lipinski definition) is 1. The fraction of sp³-hybridized carbons (Fsp3) is 0.500. The van der Waals surface area contributed by atoms with E-state index in [1.54, 1.807) is 14.1 Å². The molecule has 5 nitrogen and oxygen atoms in total. The number of carbonyl (C=O) groups is 1. The summed E-state index contributed by atoms with van der Waals surface area (Å²) in [4.78, 5) is 12.9. The number of aromatic nitrogens is 1. The Kier molecular flexibility index (Phi) is 3.85. The van der Waals surface area contributed by atoms with Crippen LogP contribution in [0.1, 0.15) is 31.0 Å². The molecule has 1 heterocycles. The zero-order valence-corrected chi connectivity index (χ0v) is 10.6. The van der Waals surface area contributed by atoms with Crippen molar-refractivity contribution in [3.63, 3.8) is 0 Å². The molecule has 0 spiro atoms. The third-order valence-corrected chi connectivity index (χ3v) is 2.78. The molecule has 16 heavy (non-hydrogen) atoms. The van der Waals surface area contributed by atoms with Crippen LogP contribution in [0.3, 0.4) is 0 Å². The van der Waals surface area contributed by atoms with Crippen molar-refractivity contribution in [3.05, 3.63) is 11.3 Å². The van der Waals surface area contributed by atoms with Crippen LogP contribution in [0.25, 0.3) is 0 Å². The summed E-state index contributed by atoms with van der Waals surface area (Å²) < 4.78 is 4.18. The predicted molar refractivity (Wildman–Crippen MR) is 63.6 cm³/mol. The lowest BCUT2D eigenvalue weighted by molar-refractivity contribution is 0.231. The molecule has 0 radical (unpaired) electrons. The van der Waals surface area contributed by atoms with Crippen LogP contribution in [-0.2, 0) is 0 Å². The second kappa shape index (κ2) is 4.94. The van der Waals surface area contributed by atoms with Crippen LogP contribution in [0.2, 0.25) is 0 Å². The first-order valence-corrected chi connectivity index (χ1v) is 5.62. The van der Waals surface area contributed by atoms with Crippen molar-refractivity contribution in [3.8, 4) is 6.07 Å². The van der Waals surface area contributed by atoms with Gasteiger partial charge in [-0.25, -0.2) is 4.79 Å². The van der Waals surface area contributed by atoms with Crippen LogP contribution in [-0.4, -0.2) is 29.4 Å². The van der Waals surface area contributed by atoms with Crippen LogP contribution in [0, 0.1) is 11.3 Å². The first-order chi connectivity index (χ1) is 7.47. The molecule has 0 fully saturated rings. The van der Waals surface area contributed by atoms with Crippen molar-refractivity contribution in [1.29, 1.82) is 5.26 Å². The lowest BCUT2D eigenvalue weighted by atomic mass is 10.1. The average Bonchev–Trinajstić information content (AvgIpc) is 2.60. The van der Waals surface area contributed by atoms with E-state index in [2.05, 4.69) is 15.8 Å². The van der Waals surface area contributed by atoms with Gasteiger partial charge in [0.15, 0.2) is 0 Å². The Morgan fingerprint density at radius 3 is 2.62 bits per heavy atom. The number of rotatable bonds is 2. The van der Waals surface area contributed by atoms with Gasteiger partial charge in [-0.2, -0.15) is 9.64 Å². The number of anilines is 1. The zero-order valence-electron chi connectivity index (χ0n) is 9.74. The summed E-state index contributed by atoms with van der Waals surface area (Å²) in [7, 11) is 3.29. The van der Waals surface area contributed by atoms with Gasteiger partial charge in [-0.15, -0.1) is 0 Å². The Labute approximate surface area is 98.9 Å². The first-order valence-electron chi connectivity index (χ1n) is 4.85. The molecule has 0 aliphatic carbocycles. The van der Waals surface area contributed by atoms with Crippen LogP contribution < -0.4 is 5.32 Å². The number of hydrogen-bond acceptors (Lipinski definition) is 4. The van der Waals surface area contributed by atoms with Crippen molar-refractivity contribution >= 4 is 22.6 Å². The Morgan fingerprint density at radius 2 is 2.19 bits per heavy atom. The normalized spacial score (nSPS) is 10.0. The quantitative estimate of drug-likeness (QED) is 0.859. The summed E-state index contributed by atoms with van der Waals surface area (Å²) >= 11 is 1.14. The molecule has 6 heteroatoms. The molecular weight excluding hydrogens is 224 g/mol. The Morgan fingerprint density at radius 1 is 1.56 bits per heavy atom. The van der Waals surface area contributed by atoms with Crippen molar-refractivity contribution in [1.82, 2.24) is 9.27 Å². The van der Waals surface area contributed by atoms with Gasteiger partial charge in [0.05, 0.1) is 5.69 Å². The molecule has 0 bridgehead atoms. The van der Waals surface area contributed by atoms with Gasteiger partial charge in [0.1, 0.15) is 16.6 Å². The molecule has 1 aromatic heterocycles. The summed E-state index contributed by atoms with van der Waals surface area (Å²) in [6, 6.07) is 1.83. The SMILES string of the molecule is CC(C)c1nsc(NC(=O)N(C)C)c1C#N. The Balaban J connectivity index is 2.99. The van der Waals surface area contributed by atoms with E-state index in [1.807, 2.05) is 13.8 Å². The smallest absolute Gasteiger partial charge is 0.322 e. The van der Waals surface area contributed by atoms with E-state index < -0.39 is 0 Å². The molecule has 0 aliphatic heterocycles. The van der Waals surface area contributed by atoms with E-state index in [0.29, 0.717) is 10.6 Å². The van der Waals surface area contributed by atoms with Gasteiger partial charge in [0.25, 0.3) is 0 Å².